The summed E-state index contributed by atoms with van der Waals surface area (Å²) in [6, 6.07) is 5.94. The lowest BCUT2D eigenvalue weighted by Gasteiger charge is -2.20. The van der Waals surface area contributed by atoms with Crippen LogP contribution >= 0.6 is 11.6 Å². The summed E-state index contributed by atoms with van der Waals surface area (Å²) >= 11 is 6.03. The van der Waals surface area contributed by atoms with Gasteiger partial charge in [-0.3, -0.25) is 0 Å². The Morgan fingerprint density at radius 1 is 1.33 bits per heavy atom. The van der Waals surface area contributed by atoms with Gasteiger partial charge in [-0.05, 0) is 38.0 Å². The quantitative estimate of drug-likeness (QED) is 0.712. The van der Waals surface area contributed by atoms with Crippen molar-refractivity contribution in [2.75, 3.05) is 0 Å². The first-order valence-corrected chi connectivity index (χ1v) is 4.34. The number of hydrogen-bond acceptors (Lipinski definition) is 1. The van der Waals surface area contributed by atoms with E-state index in [1.54, 1.807) is 0 Å². The molecule has 2 heteroatoms. The topological polar surface area (TPSA) is 26.0 Å². The fourth-order valence-corrected chi connectivity index (χ4v) is 1.62. The van der Waals surface area contributed by atoms with Crippen LogP contribution in [0, 0.1) is 6.92 Å². The highest BCUT2D eigenvalue weighted by Crippen LogP contribution is 2.26. The summed E-state index contributed by atoms with van der Waals surface area (Å²) in [4.78, 5) is 0. The van der Waals surface area contributed by atoms with Crippen LogP contribution in [0.25, 0.3) is 0 Å². The third-order valence-electron chi connectivity index (χ3n) is 1.82. The maximum Gasteiger partial charge on any atom is 0.0459 e. The van der Waals surface area contributed by atoms with Gasteiger partial charge in [0.25, 0.3) is 0 Å². The van der Waals surface area contributed by atoms with Gasteiger partial charge in [0.05, 0.1) is 0 Å². The summed E-state index contributed by atoms with van der Waals surface area (Å²) in [5.41, 5.74) is 7.72. The summed E-state index contributed by atoms with van der Waals surface area (Å²) in [6.45, 7) is 5.91. The van der Waals surface area contributed by atoms with Gasteiger partial charge < -0.3 is 5.73 Å². The zero-order valence-corrected chi connectivity index (χ0v) is 8.44. The van der Waals surface area contributed by atoms with Gasteiger partial charge in [0.1, 0.15) is 0 Å². The predicted molar refractivity (Wildman–Crippen MR) is 53.4 cm³/mol. The summed E-state index contributed by atoms with van der Waals surface area (Å²) in [6.07, 6.45) is 0. The third kappa shape index (κ3) is 1.99. The zero-order chi connectivity index (χ0) is 9.35. The van der Waals surface area contributed by atoms with Crippen molar-refractivity contribution in [3.8, 4) is 0 Å². The molecule has 0 amide bonds. The molecular weight excluding hydrogens is 170 g/mol. The second kappa shape index (κ2) is 3.08. The van der Waals surface area contributed by atoms with E-state index < -0.39 is 0 Å². The number of benzene rings is 1. The minimum absolute atomic E-state index is 0.356. The van der Waals surface area contributed by atoms with Crippen LogP contribution in [-0.4, -0.2) is 0 Å². The summed E-state index contributed by atoms with van der Waals surface area (Å²) in [5, 5.41) is 0.752. The number of aryl methyl sites for hydroxylation is 1. The van der Waals surface area contributed by atoms with E-state index in [-0.39, 0.29) is 5.54 Å². The largest absolute Gasteiger partial charge is 0.322 e. The van der Waals surface area contributed by atoms with Crippen molar-refractivity contribution >= 4 is 11.6 Å². The Morgan fingerprint density at radius 2 is 1.92 bits per heavy atom. The average molecular weight is 184 g/mol. The summed E-state index contributed by atoms with van der Waals surface area (Å²) in [7, 11) is 0. The highest BCUT2D eigenvalue weighted by Gasteiger charge is 2.16. The average Bonchev–Trinajstić information content (AvgIpc) is 1.83. The molecule has 1 aromatic carbocycles. The van der Waals surface area contributed by atoms with Gasteiger partial charge in [-0.2, -0.15) is 0 Å². The lowest BCUT2D eigenvalue weighted by molar-refractivity contribution is 0.554. The van der Waals surface area contributed by atoms with Crippen LogP contribution in [0.3, 0.4) is 0 Å². The first-order valence-electron chi connectivity index (χ1n) is 3.97. The zero-order valence-electron chi connectivity index (χ0n) is 7.69. The van der Waals surface area contributed by atoms with Gasteiger partial charge in [-0.1, -0.05) is 23.7 Å². The van der Waals surface area contributed by atoms with Crippen molar-refractivity contribution in [2.45, 2.75) is 26.3 Å². The van der Waals surface area contributed by atoms with Gasteiger partial charge in [0, 0.05) is 10.6 Å². The molecule has 66 valence electrons. The Bertz CT molecular complexity index is 286. The first kappa shape index (κ1) is 9.56. The lowest BCUT2D eigenvalue weighted by Crippen LogP contribution is -2.28. The van der Waals surface area contributed by atoms with E-state index in [0.717, 1.165) is 16.1 Å². The molecule has 0 saturated carbocycles. The predicted octanol–water partition coefficient (Wildman–Crippen LogP) is 2.84. The van der Waals surface area contributed by atoms with E-state index >= 15 is 0 Å². The second-order valence-electron chi connectivity index (χ2n) is 3.70. The molecule has 12 heavy (non-hydrogen) atoms. The van der Waals surface area contributed by atoms with Crippen LogP contribution in [0.4, 0.5) is 0 Å². The van der Waals surface area contributed by atoms with Crippen molar-refractivity contribution in [2.24, 2.45) is 5.73 Å². The van der Waals surface area contributed by atoms with Gasteiger partial charge in [0.2, 0.25) is 0 Å². The van der Waals surface area contributed by atoms with Crippen LogP contribution in [0.15, 0.2) is 18.2 Å². The minimum Gasteiger partial charge on any atom is -0.322 e. The standard InChI is InChI=1S/C10H14ClN/c1-7-4-5-8(9(11)6-7)10(2,3)12/h4-6H,12H2,1-3H3. The van der Waals surface area contributed by atoms with Gasteiger partial charge in [-0.15, -0.1) is 0 Å². The Labute approximate surface area is 78.5 Å². The molecule has 2 N–H and O–H groups in total. The number of rotatable bonds is 1. The third-order valence-corrected chi connectivity index (χ3v) is 2.13. The minimum atomic E-state index is -0.356. The Hall–Kier alpha value is -0.530. The van der Waals surface area contributed by atoms with E-state index in [2.05, 4.69) is 0 Å². The second-order valence-corrected chi connectivity index (χ2v) is 4.11. The molecular formula is C10H14ClN. The van der Waals surface area contributed by atoms with E-state index in [4.69, 9.17) is 17.3 Å². The smallest absolute Gasteiger partial charge is 0.0459 e. The number of halogens is 1. The lowest BCUT2D eigenvalue weighted by atomic mass is 9.95. The number of nitrogens with two attached hydrogens (primary N) is 1. The van der Waals surface area contributed by atoms with Crippen molar-refractivity contribution in [3.05, 3.63) is 34.3 Å². The molecule has 0 aliphatic rings. The maximum atomic E-state index is 6.03. The van der Waals surface area contributed by atoms with E-state index in [0.29, 0.717) is 0 Å². The van der Waals surface area contributed by atoms with Gasteiger partial charge in [-0.25, -0.2) is 0 Å². The van der Waals surface area contributed by atoms with Crippen LogP contribution in [-0.2, 0) is 5.54 Å². The summed E-state index contributed by atoms with van der Waals surface area (Å²) < 4.78 is 0. The summed E-state index contributed by atoms with van der Waals surface area (Å²) in [5.74, 6) is 0. The Balaban J connectivity index is 3.19. The highest BCUT2D eigenvalue weighted by atomic mass is 35.5. The first-order chi connectivity index (χ1) is 5.41. The van der Waals surface area contributed by atoms with Gasteiger partial charge >= 0.3 is 0 Å². The van der Waals surface area contributed by atoms with Gasteiger partial charge in [0.15, 0.2) is 0 Å². The van der Waals surface area contributed by atoms with Crippen molar-refractivity contribution < 1.29 is 0 Å². The molecule has 0 aromatic heterocycles. The molecule has 0 aliphatic heterocycles. The molecule has 1 rings (SSSR count). The number of hydrogen-bond donors (Lipinski definition) is 1. The van der Waals surface area contributed by atoms with Crippen LogP contribution in [0.1, 0.15) is 25.0 Å². The fraction of sp³-hybridized carbons (Fsp3) is 0.400. The molecule has 0 fully saturated rings. The monoisotopic (exact) mass is 183 g/mol. The molecule has 1 nitrogen and oxygen atoms in total. The molecule has 1 aromatic rings. The molecule has 0 aliphatic carbocycles. The molecule has 0 heterocycles. The molecule has 0 unspecified atom stereocenters. The highest BCUT2D eigenvalue weighted by molar-refractivity contribution is 6.31. The Kier molecular flexibility index (Phi) is 2.45. The van der Waals surface area contributed by atoms with Crippen LogP contribution in [0.2, 0.25) is 5.02 Å². The van der Waals surface area contributed by atoms with Crippen molar-refractivity contribution in [1.82, 2.24) is 0 Å². The van der Waals surface area contributed by atoms with Crippen molar-refractivity contribution in [3.63, 3.8) is 0 Å². The van der Waals surface area contributed by atoms with Crippen LogP contribution in [0.5, 0.6) is 0 Å². The molecule has 0 radical (unpaired) electrons. The SMILES string of the molecule is Cc1ccc(C(C)(C)N)c(Cl)c1. The molecule has 0 bridgehead atoms. The van der Waals surface area contributed by atoms with E-state index in [1.807, 2.05) is 39.0 Å². The van der Waals surface area contributed by atoms with E-state index in [9.17, 15) is 0 Å². The Morgan fingerprint density at radius 3 is 2.33 bits per heavy atom. The maximum absolute atomic E-state index is 6.03. The molecule has 0 atom stereocenters. The normalized spacial score (nSPS) is 11.8. The molecule has 0 saturated heterocycles. The van der Waals surface area contributed by atoms with Crippen LogP contribution < -0.4 is 5.73 Å². The molecule has 0 spiro atoms. The fourth-order valence-electron chi connectivity index (χ4n) is 1.14. The van der Waals surface area contributed by atoms with Crippen molar-refractivity contribution in [1.29, 1.82) is 0 Å². The van der Waals surface area contributed by atoms with E-state index in [1.165, 1.54) is 0 Å².